The summed E-state index contributed by atoms with van der Waals surface area (Å²) in [6.45, 7) is 20.6. The van der Waals surface area contributed by atoms with Gasteiger partial charge < -0.3 is 0 Å². The molecular formula is C108H101F6N13O15Se6. The van der Waals surface area contributed by atoms with Crippen LogP contribution in [0.3, 0.4) is 0 Å². The number of benzene rings is 6. The monoisotopic (exact) mass is 2410 g/mol. The van der Waals surface area contributed by atoms with E-state index in [0.29, 0.717) is 138 Å². The summed E-state index contributed by atoms with van der Waals surface area (Å²) in [4.78, 5) is 134. The molecule has 0 spiro atoms. The molecule has 19 rings (SSSR count). The third-order valence-electron chi connectivity index (χ3n) is 23.4. The Labute approximate surface area is 883 Å². The van der Waals surface area contributed by atoms with Gasteiger partial charge >= 0.3 is 891 Å². The van der Waals surface area contributed by atoms with Crippen LogP contribution in [0.25, 0.3) is 69.9 Å². The first-order valence-electron chi connectivity index (χ1n) is 46.6. The van der Waals surface area contributed by atoms with Gasteiger partial charge in [0.2, 0.25) is 0 Å². The zero-order valence-corrected chi connectivity index (χ0v) is 90.9. The molecule has 6 aliphatic rings. The Kier molecular flexibility index (Phi) is 39.4. The van der Waals surface area contributed by atoms with Gasteiger partial charge in [0.05, 0.1) is 0 Å². The fourth-order valence-electron chi connectivity index (χ4n) is 15.9. The average Bonchev–Trinajstić information content (AvgIpc) is 1.65. The molecule has 0 unspecified atom stereocenters. The number of carbonyl (C=O) groups is 10. The van der Waals surface area contributed by atoms with E-state index in [1.165, 1.54) is 72.8 Å². The number of ether oxygens (including phenoxy) is 2. The third-order valence-corrected chi connectivity index (χ3v) is 35.6. The topological polar surface area (TPSA) is 382 Å². The van der Waals surface area contributed by atoms with Gasteiger partial charge in [-0.2, -0.15) is 0 Å². The molecule has 7 aromatic heterocycles. The van der Waals surface area contributed by atoms with Gasteiger partial charge in [-0.1, -0.05) is 0 Å². The summed E-state index contributed by atoms with van der Waals surface area (Å²) in [5.74, 6) is -4.97. The van der Waals surface area contributed by atoms with Crippen LogP contribution in [-0.4, -0.2) is 253 Å². The first-order valence-corrected chi connectivity index (χ1v) is 57.3. The molecular weight excluding hydrogens is 2310 g/mol. The van der Waals surface area contributed by atoms with Gasteiger partial charge in [-0.15, -0.1) is 0 Å². The summed E-state index contributed by atoms with van der Waals surface area (Å²) in [6.07, 6.45) is 16.8. The van der Waals surface area contributed by atoms with Crippen LogP contribution in [-0.2, 0) is 80.8 Å². The molecule has 0 fully saturated rings. The molecule has 0 bridgehead atoms. The number of rotatable bonds is 32. The molecule has 766 valence electrons. The molecule has 0 saturated heterocycles. The van der Waals surface area contributed by atoms with Crippen LogP contribution in [0.2, 0.25) is 0 Å². The number of aryl methyl sites for hydroxylation is 3. The fraction of sp³-hybridized carbons (Fsp3) is 0.213. The van der Waals surface area contributed by atoms with Crippen LogP contribution in [0.4, 0.5) is 60.5 Å². The minimum absolute atomic E-state index is 0.00579. The zero-order valence-electron chi connectivity index (χ0n) is 80.6. The molecule has 13 aromatic rings. The standard InChI is InChI=1S/C22H26FN3O3Se.C21H19FN4O2Se.C21H24FN3O2Se.C16H12FNO4Se.2C14H10FNO2Se/c1-3-26(4-2)8-7-24-21(27)13-29-12-15-9-17(30-14-15)11-19-18-10-16(23)5-6-20(18)25-22(19)28;1-13-16(20(27)24-5-2-7-26-8-6-23-12-26)10-15(29-13)11-18-17-9-14(22)3-4-19(17)25-21(18)28;1-4-25(5-2)9-8-23-20(26)16-11-15(28-13(16)3)12-18-17-10-14(22)6-7-19(17)24-21(18)27;17-10-1-2-14-12(4-10)13(16(21)18-14)5-11-3-9(8-23-11)6-22-7-15(19)20;15-8-1-4-13-11(5-8)12(14(18)16-13)6-9-2-3-10(7-17)19-9;15-9-1-2-13-11(4-9)12(14(18)16-13)5-10-3-8(6-17)7-19-10/h5-6,9-11,14H,3-4,7-8,12-13H2,1-2H3,(H,24,27)(H,25,28);3-4,6,8-12H,2,5,7H2,1H3,(H,24,27)(H,25,28);6-7,10-12H,4-5,8-9H2,1-3H3,(H,23,26)(H,24,27);1-5,8H,6-7H2,(H,18,21)(H,19,20);1-6,17H,7H2,(H,16,18);1-5,7,17H,6H2,(H,16,18)/b19-11-;18-11-;18-12-;13-5-;12-6-;12-5-. The summed E-state index contributed by atoms with van der Waals surface area (Å²) in [6, 6.07) is 38.6. The Balaban J connectivity index is 0.000000141. The minimum atomic E-state index is -1.01. The summed E-state index contributed by atoms with van der Waals surface area (Å²) < 4.78 is 102. The van der Waals surface area contributed by atoms with E-state index >= 15 is 0 Å². The second-order valence-electron chi connectivity index (χ2n) is 33.6. The van der Waals surface area contributed by atoms with E-state index in [4.69, 9.17) is 24.8 Å². The van der Waals surface area contributed by atoms with Crippen LogP contribution in [0, 0.1) is 48.8 Å². The maximum atomic E-state index is 13.6. The van der Waals surface area contributed by atoms with Crippen molar-refractivity contribution < 1.29 is 99.1 Å². The van der Waals surface area contributed by atoms with Crippen molar-refractivity contribution in [3.05, 3.63) is 321 Å². The summed E-state index contributed by atoms with van der Waals surface area (Å²) in [5, 5.41) is 51.8. The van der Waals surface area contributed by atoms with Crippen molar-refractivity contribution in [2.45, 2.75) is 80.9 Å². The normalized spacial score (nSPS) is 14.7. The van der Waals surface area contributed by atoms with E-state index in [1.807, 2.05) is 83.0 Å². The number of carboxylic acid groups (broad SMARTS) is 1. The van der Waals surface area contributed by atoms with Gasteiger partial charge in [-0.05, 0) is 0 Å². The fourth-order valence-corrected chi connectivity index (χ4v) is 26.9. The third kappa shape index (κ3) is 29.8. The Morgan fingerprint density at radius 1 is 0.399 bits per heavy atom. The van der Waals surface area contributed by atoms with Gasteiger partial charge in [0.1, 0.15) is 0 Å². The summed E-state index contributed by atoms with van der Waals surface area (Å²) in [5.41, 5.74) is 14.0. The SMILES string of the molecule is CCN(CC)CCNC(=O)COCc1c[se]c(/C=C2\C(=O)Nc3ccc(F)cc32)c1.CCN(CC)CCNC(=O)c1cc(/C=C2\C(=O)Nc3ccc(F)cc32)[se]c1C.Cc1[se]c(/C=C2\C(=O)Nc3ccc(F)cc32)cc1C(=O)NCCCn1ccnc1.O=C(O)COCc1c[se]c(/C=C2\C(=O)Nc3ccc(F)cc32)c1.O=C1Nc2ccc(F)cc2/C1=C/c1cc(CO)c[se]1.O=C1Nc2ccc(F)cc2/C1=C/c1ccc(CO)[se]1. The van der Waals surface area contributed by atoms with Crippen molar-refractivity contribution in [1.29, 1.82) is 0 Å². The number of anilines is 6. The Bertz CT molecular complexity index is 7250. The molecule has 6 aromatic carbocycles. The van der Waals surface area contributed by atoms with Gasteiger partial charge in [0, 0.05) is 0 Å². The van der Waals surface area contributed by atoms with Crippen LogP contribution in [0.5, 0.6) is 0 Å². The van der Waals surface area contributed by atoms with Gasteiger partial charge in [0.25, 0.3) is 0 Å². The molecule has 0 radical (unpaired) electrons. The van der Waals surface area contributed by atoms with E-state index < -0.39 is 11.8 Å². The summed E-state index contributed by atoms with van der Waals surface area (Å²) >= 11 is 0.167. The van der Waals surface area contributed by atoms with Gasteiger partial charge in [-0.3, -0.25) is 0 Å². The van der Waals surface area contributed by atoms with E-state index in [-0.39, 0.29) is 202 Å². The van der Waals surface area contributed by atoms with E-state index in [0.717, 1.165) is 109 Å². The number of hydrogen-bond acceptors (Lipinski definition) is 17. The number of aliphatic carboxylic acids is 1. The number of fused-ring (bicyclic) bond motifs is 6. The second kappa shape index (κ2) is 52.7. The van der Waals surface area contributed by atoms with Crippen molar-refractivity contribution >= 4 is 250 Å². The molecule has 40 heteroatoms. The number of carboxylic acids is 1. The quantitative estimate of drug-likeness (QED) is 0.00806. The zero-order chi connectivity index (χ0) is 105. The molecule has 28 nitrogen and oxygen atoms in total. The number of halogens is 6. The first-order chi connectivity index (χ1) is 71.3. The number of amides is 9. The molecule has 148 heavy (non-hydrogen) atoms. The Morgan fingerprint density at radius 3 is 1.05 bits per heavy atom. The molecule has 13 heterocycles. The second-order valence-corrected chi connectivity index (χ2v) is 47.4. The van der Waals surface area contributed by atoms with Crippen molar-refractivity contribution in [3.8, 4) is 0 Å². The van der Waals surface area contributed by atoms with Crippen LogP contribution in [0.15, 0.2) is 185 Å². The summed E-state index contributed by atoms with van der Waals surface area (Å²) in [7, 11) is 0. The van der Waals surface area contributed by atoms with Crippen LogP contribution in [0.1, 0.15) is 145 Å². The number of nitrogens with zero attached hydrogens (tertiary/aromatic N) is 4. The number of imidazole rings is 1. The Hall–Kier alpha value is -13.0. The number of likely N-dealkylation sites (N-methyl/N-ethyl adjacent to an activating group) is 2. The molecule has 12 N–H and O–H groups in total. The van der Waals surface area contributed by atoms with E-state index in [1.54, 1.807) is 79.3 Å². The van der Waals surface area contributed by atoms with Crippen molar-refractivity contribution in [2.24, 2.45) is 0 Å². The predicted octanol–water partition coefficient (Wildman–Crippen LogP) is 13.5. The van der Waals surface area contributed by atoms with Crippen molar-refractivity contribution in [1.82, 2.24) is 35.3 Å². The van der Waals surface area contributed by atoms with Crippen molar-refractivity contribution in [3.63, 3.8) is 0 Å². The Morgan fingerprint density at radius 2 is 0.730 bits per heavy atom. The van der Waals surface area contributed by atoms with Gasteiger partial charge in [-0.25, -0.2) is 0 Å². The number of nitrogens with one attached hydrogen (secondary N) is 9. The van der Waals surface area contributed by atoms with Gasteiger partial charge in [0.15, 0.2) is 0 Å². The predicted molar refractivity (Wildman–Crippen MR) is 566 cm³/mol. The molecule has 6 aliphatic heterocycles. The number of aromatic nitrogens is 2. The molecule has 9 amide bonds. The van der Waals surface area contributed by atoms with E-state index in [2.05, 4.69) is 95.3 Å². The number of carbonyl (C=O) groups excluding carboxylic acids is 9. The van der Waals surface area contributed by atoms with Crippen LogP contribution < -0.4 is 47.9 Å². The molecule has 0 atom stereocenters. The molecule has 0 aliphatic carbocycles. The van der Waals surface area contributed by atoms with Crippen molar-refractivity contribution in [2.75, 3.05) is 104 Å². The maximum absolute atomic E-state index is 13.6. The molecule has 0 saturated carbocycles. The first kappa shape index (κ1) is 111. The number of hydrogen-bond donors (Lipinski definition) is 12. The van der Waals surface area contributed by atoms with E-state index in [9.17, 15) is 74.3 Å². The average molecular weight is 2410 g/mol. The number of aliphatic hydroxyl groups excluding tert-OH is 2. The number of aliphatic hydroxyl groups is 2. The van der Waals surface area contributed by atoms with Crippen LogP contribution >= 0.6 is 0 Å².